The molecule has 0 aliphatic rings. The van der Waals surface area contributed by atoms with Crippen LogP contribution in [0.1, 0.15) is 10.4 Å². The van der Waals surface area contributed by atoms with E-state index in [9.17, 15) is 4.79 Å². The predicted molar refractivity (Wildman–Crippen MR) is 76.0 cm³/mol. The minimum Gasteiger partial charge on any atom is -0.464 e. The molecule has 2 aromatic carbocycles. The number of carbonyl (C=O) groups excluding carboxylic acids is 1. The van der Waals surface area contributed by atoms with Crippen molar-refractivity contribution in [3.05, 3.63) is 72.5 Å². The van der Waals surface area contributed by atoms with Crippen LogP contribution in [0.25, 0.3) is 11.3 Å². The largest absolute Gasteiger partial charge is 0.464 e. The first-order chi connectivity index (χ1) is 9.85. The van der Waals surface area contributed by atoms with Gasteiger partial charge in [0.2, 0.25) is 0 Å². The van der Waals surface area contributed by atoms with Gasteiger partial charge in [0.15, 0.2) is 0 Å². The van der Waals surface area contributed by atoms with Crippen molar-refractivity contribution in [2.75, 3.05) is 0 Å². The zero-order valence-electron chi connectivity index (χ0n) is 10.7. The minimum absolute atomic E-state index is 0.592. The summed E-state index contributed by atoms with van der Waals surface area (Å²) in [6.07, 6.45) is 2.44. The van der Waals surface area contributed by atoms with E-state index in [4.69, 9.17) is 9.15 Å². The molecule has 20 heavy (non-hydrogen) atoms. The van der Waals surface area contributed by atoms with E-state index in [1.54, 1.807) is 24.5 Å². The van der Waals surface area contributed by atoms with Crippen LogP contribution in [-0.4, -0.2) is 6.29 Å². The molecular formula is C17H12O3. The molecule has 1 aromatic heterocycles. The van der Waals surface area contributed by atoms with Gasteiger partial charge in [-0.2, -0.15) is 0 Å². The predicted octanol–water partition coefficient (Wildman–Crippen LogP) is 4.55. The highest BCUT2D eigenvalue weighted by atomic mass is 16.5. The van der Waals surface area contributed by atoms with Crippen LogP contribution in [-0.2, 0) is 0 Å². The number of furan rings is 1. The number of aldehydes is 1. The van der Waals surface area contributed by atoms with Gasteiger partial charge in [-0.15, -0.1) is 0 Å². The van der Waals surface area contributed by atoms with Crippen LogP contribution in [0.4, 0.5) is 0 Å². The van der Waals surface area contributed by atoms with Crippen LogP contribution in [0.15, 0.2) is 71.3 Å². The second-order valence-corrected chi connectivity index (χ2v) is 4.29. The first-order valence-corrected chi connectivity index (χ1v) is 6.22. The van der Waals surface area contributed by atoms with Gasteiger partial charge in [0.05, 0.1) is 6.26 Å². The number of carbonyl (C=O) groups is 1. The molecule has 0 N–H and O–H groups in total. The van der Waals surface area contributed by atoms with Gasteiger partial charge in [0.1, 0.15) is 23.5 Å². The lowest BCUT2D eigenvalue weighted by Gasteiger charge is -2.06. The van der Waals surface area contributed by atoms with Gasteiger partial charge in [-0.25, -0.2) is 0 Å². The Morgan fingerprint density at radius 1 is 0.900 bits per heavy atom. The number of benzene rings is 2. The van der Waals surface area contributed by atoms with E-state index in [-0.39, 0.29) is 0 Å². The van der Waals surface area contributed by atoms with E-state index >= 15 is 0 Å². The van der Waals surface area contributed by atoms with Crippen molar-refractivity contribution >= 4 is 6.29 Å². The summed E-state index contributed by atoms with van der Waals surface area (Å²) in [6, 6.07) is 18.4. The quantitative estimate of drug-likeness (QED) is 0.649. The van der Waals surface area contributed by atoms with E-state index in [2.05, 4.69) is 0 Å². The summed E-state index contributed by atoms with van der Waals surface area (Å²) in [6.45, 7) is 0. The second kappa shape index (κ2) is 5.45. The van der Waals surface area contributed by atoms with E-state index in [1.807, 2.05) is 42.5 Å². The average Bonchev–Trinajstić information content (AvgIpc) is 3.02. The Morgan fingerprint density at radius 2 is 1.75 bits per heavy atom. The number of ether oxygens (including phenoxy) is 1. The van der Waals surface area contributed by atoms with Crippen LogP contribution in [0.5, 0.6) is 11.5 Å². The second-order valence-electron chi connectivity index (χ2n) is 4.29. The molecule has 3 rings (SSSR count). The molecule has 0 spiro atoms. The third kappa shape index (κ3) is 2.62. The van der Waals surface area contributed by atoms with Gasteiger partial charge in [0, 0.05) is 11.1 Å². The van der Waals surface area contributed by atoms with Crippen molar-refractivity contribution in [2.24, 2.45) is 0 Å². The zero-order valence-corrected chi connectivity index (χ0v) is 10.7. The maximum atomic E-state index is 10.7. The molecule has 0 atom stereocenters. The molecule has 0 saturated heterocycles. The van der Waals surface area contributed by atoms with Crippen LogP contribution >= 0.6 is 0 Å². The number of hydrogen-bond acceptors (Lipinski definition) is 3. The molecule has 3 heteroatoms. The Kier molecular flexibility index (Phi) is 3.33. The topological polar surface area (TPSA) is 39.4 Å². The molecule has 0 unspecified atom stereocenters. The van der Waals surface area contributed by atoms with Gasteiger partial charge in [-0.1, -0.05) is 12.1 Å². The summed E-state index contributed by atoms with van der Waals surface area (Å²) >= 11 is 0. The Hall–Kier alpha value is -2.81. The molecule has 0 aliphatic carbocycles. The third-order valence-electron chi connectivity index (χ3n) is 2.89. The van der Waals surface area contributed by atoms with Crippen molar-refractivity contribution in [3.63, 3.8) is 0 Å². The Balaban J connectivity index is 1.79. The molecule has 1 heterocycles. The first kappa shape index (κ1) is 12.2. The highest BCUT2D eigenvalue weighted by Gasteiger charge is 2.02. The molecule has 0 radical (unpaired) electrons. The Bertz CT molecular complexity index is 697. The minimum atomic E-state index is 0.592. The normalized spacial score (nSPS) is 10.2. The molecule has 0 aliphatic heterocycles. The van der Waals surface area contributed by atoms with Crippen molar-refractivity contribution in [2.45, 2.75) is 0 Å². The molecule has 3 aromatic rings. The van der Waals surface area contributed by atoms with Crippen LogP contribution in [0, 0.1) is 0 Å². The van der Waals surface area contributed by atoms with Crippen molar-refractivity contribution in [1.82, 2.24) is 0 Å². The van der Waals surface area contributed by atoms with Crippen molar-refractivity contribution in [3.8, 4) is 22.8 Å². The van der Waals surface area contributed by atoms with Crippen LogP contribution < -0.4 is 4.74 Å². The lowest BCUT2D eigenvalue weighted by Crippen LogP contribution is -1.86. The molecule has 0 saturated carbocycles. The van der Waals surface area contributed by atoms with Gasteiger partial charge in [-0.05, 0) is 48.5 Å². The smallest absolute Gasteiger partial charge is 0.150 e. The van der Waals surface area contributed by atoms with E-state index in [0.717, 1.165) is 17.6 Å². The molecular weight excluding hydrogens is 252 g/mol. The maximum Gasteiger partial charge on any atom is 0.150 e. The molecule has 0 bridgehead atoms. The monoisotopic (exact) mass is 264 g/mol. The van der Waals surface area contributed by atoms with Crippen LogP contribution in [0.2, 0.25) is 0 Å². The average molecular weight is 264 g/mol. The maximum absolute atomic E-state index is 10.7. The number of hydrogen-bond donors (Lipinski definition) is 0. The molecule has 0 amide bonds. The van der Waals surface area contributed by atoms with Gasteiger partial charge >= 0.3 is 0 Å². The summed E-state index contributed by atoms with van der Waals surface area (Å²) in [4.78, 5) is 10.7. The molecule has 3 nitrogen and oxygen atoms in total. The fraction of sp³-hybridized carbons (Fsp3) is 0. The summed E-state index contributed by atoms with van der Waals surface area (Å²) in [5.41, 5.74) is 1.58. The van der Waals surface area contributed by atoms with Crippen molar-refractivity contribution < 1.29 is 13.9 Å². The SMILES string of the molecule is O=Cc1cccc(Oc2ccc(-c3ccco3)cc2)c1. The molecule has 98 valence electrons. The standard InChI is InChI=1S/C17H12O3/c18-12-13-3-1-4-16(11-13)20-15-8-6-14(7-9-15)17-5-2-10-19-17/h1-12H. The Labute approximate surface area is 116 Å². The summed E-state index contributed by atoms with van der Waals surface area (Å²) < 4.78 is 11.0. The Morgan fingerprint density at radius 3 is 2.45 bits per heavy atom. The summed E-state index contributed by atoms with van der Waals surface area (Å²) in [7, 11) is 0. The third-order valence-corrected chi connectivity index (χ3v) is 2.89. The fourth-order valence-electron chi connectivity index (χ4n) is 1.92. The summed E-state index contributed by atoms with van der Waals surface area (Å²) in [5.74, 6) is 2.17. The highest BCUT2D eigenvalue weighted by Crippen LogP contribution is 2.26. The van der Waals surface area contributed by atoms with Gasteiger partial charge < -0.3 is 9.15 Å². The fourth-order valence-corrected chi connectivity index (χ4v) is 1.92. The zero-order chi connectivity index (χ0) is 13.8. The lowest BCUT2D eigenvalue weighted by molar-refractivity contribution is 0.112. The lowest BCUT2D eigenvalue weighted by atomic mass is 10.2. The van der Waals surface area contributed by atoms with E-state index < -0.39 is 0 Å². The first-order valence-electron chi connectivity index (χ1n) is 6.22. The number of rotatable bonds is 4. The van der Waals surface area contributed by atoms with Crippen molar-refractivity contribution in [1.29, 1.82) is 0 Å². The summed E-state index contributed by atoms with van der Waals surface area (Å²) in [5, 5.41) is 0. The van der Waals surface area contributed by atoms with Gasteiger partial charge in [-0.3, -0.25) is 4.79 Å². The van der Waals surface area contributed by atoms with E-state index in [1.165, 1.54) is 0 Å². The highest BCUT2D eigenvalue weighted by molar-refractivity contribution is 5.75. The van der Waals surface area contributed by atoms with Gasteiger partial charge in [0.25, 0.3) is 0 Å². The molecule has 0 fully saturated rings. The van der Waals surface area contributed by atoms with E-state index in [0.29, 0.717) is 17.1 Å². The van der Waals surface area contributed by atoms with Crippen LogP contribution in [0.3, 0.4) is 0 Å².